The predicted molar refractivity (Wildman–Crippen MR) is 66.6 cm³/mol. The Labute approximate surface area is 109 Å². The number of aromatic nitrogens is 5. The Morgan fingerprint density at radius 2 is 2.20 bits per heavy atom. The van der Waals surface area contributed by atoms with E-state index in [2.05, 4.69) is 20.3 Å². The quantitative estimate of drug-likeness (QED) is 0.562. The number of anilines is 1. The number of aryl methyl sites for hydroxylation is 1. The van der Waals surface area contributed by atoms with Crippen molar-refractivity contribution < 1.29 is 9.21 Å². The molecule has 20 heavy (non-hydrogen) atoms. The summed E-state index contributed by atoms with van der Waals surface area (Å²) in [5, 5.41) is 2.37. The molecular formula is C10H8N6O4. The number of nitrogens with zero attached hydrogens (tertiary/aromatic N) is 3. The van der Waals surface area contributed by atoms with Crippen molar-refractivity contribution in [1.82, 2.24) is 24.5 Å². The van der Waals surface area contributed by atoms with Gasteiger partial charge >= 0.3 is 17.7 Å². The van der Waals surface area contributed by atoms with Crippen molar-refractivity contribution >= 4 is 23.2 Å². The zero-order valence-electron chi connectivity index (χ0n) is 10.1. The summed E-state index contributed by atoms with van der Waals surface area (Å²) in [6, 6.07) is -0.669. The topological polar surface area (TPSA) is 139 Å². The summed E-state index contributed by atoms with van der Waals surface area (Å²) in [6.07, 6.45) is 2.48. The molecule has 0 unspecified atom stereocenters. The van der Waals surface area contributed by atoms with Gasteiger partial charge in [-0.1, -0.05) is 0 Å². The van der Waals surface area contributed by atoms with Crippen LogP contribution < -0.4 is 16.6 Å². The smallest absolute Gasteiger partial charge is 0.336 e. The lowest BCUT2D eigenvalue weighted by Crippen LogP contribution is -2.25. The monoisotopic (exact) mass is 276 g/mol. The molecule has 0 aliphatic carbocycles. The minimum Gasteiger partial charge on any atom is -0.432 e. The fourth-order valence-corrected chi connectivity index (χ4v) is 1.65. The first-order valence-corrected chi connectivity index (χ1v) is 5.48. The Hall–Kier alpha value is -3.17. The van der Waals surface area contributed by atoms with Gasteiger partial charge in [0, 0.05) is 0 Å². The van der Waals surface area contributed by atoms with Crippen LogP contribution in [0, 0.1) is 6.92 Å². The van der Waals surface area contributed by atoms with E-state index in [-0.39, 0.29) is 17.2 Å². The second-order valence-corrected chi connectivity index (χ2v) is 3.94. The van der Waals surface area contributed by atoms with Gasteiger partial charge in [-0.3, -0.25) is 20.1 Å². The highest BCUT2D eigenvalue weighted by Crippen LogP contribution is 2.08. The molecule has 0 spiro atoms. The van der Waals surface area contributed by atoms with Crippen molar-refractivity contribution in [1.29, 1.82) is 0 Å². The second-order valence-electron chi connectivity index (χ2n) is 3.94. The molecule has 10 heteroatoms. The number of carbonyl (C=O) groups is 1. The fraction of sp³-hybridized carbons (Fsp3) is 0.100. The first kappa shape index (κ1) is 11.9. The highest BCUT2D eigenvalue weighted by Gasteiger charge is 2.15. The van der Waals surface area contributed by atoms with Crippen LogP contribution in [-0.4, -0.2) is 30.5 Å². The minimum atomic E-state index is -0.732. The van der Waals surface area contributed by atoms with Gasteiger partial charge < -0.3 is 4.42 Å². The van der Waals surface area contributed by atoms with Crippen LogP contribution in [0.25, 0.3) is 11.2 Å². The first-order valence-electron chi connectivity index (χ1n) is 5.48. The van der Waals surface area contributed by atoms with Crippen LogP contribution in [-0.2, 0) is 0 Å². The highest BCUT2D eigenvalue weighted by atomic mass is 16.4. The molecule has 102 valence electrons. The minimum absolute atomic E-state index is 0.00142. The maximum atomic E-state index is 12.0. The van der Waals surface area contributed by atoms with Gasteiger partial charge in [0.2, 0.25) is 0 Å². The SMILES string of the molecule is Cc1coc(NC(=O)n2cnc3c(=O)[nH]c(=O)[nH]c32)n1. The van der Waals surface area contributed by atoms with Gasteiger partial charge in [0.15, 0.2) is 11.2 Å². The lowest BCUT2D eigenvalue weighted by molar-refractivity contribution is 0.253. The van der Waals surface area contributed by atoms with Crippen molar-refractivity contribution in [2.75, 3.05) is 5.32 Å². The largest absolute Gasteiger partial charge is 0.432 e. The zero-order valence-corrected chi connectivity index (χ0v) is 10.1. The highest BCUT2D eigenvalue weighted by molar-refractivity contribution is 5.94. The maximum Gasteiger partial charge on any atom is 0.336 e. The van der Waals surface area contributed by atoms with Crippen LogP contribution in [0.5, 0.6) is 0 Å². The van der Waals surface area contributed by atoms with Crippen LogP contribution in [0.2, 0.25) is 0 Å². The van der Waals surface area contributed by atoms with E-state index in [1.54, 1.807) is 6.92 Å². The summed E-state index contributed by atoms with van der Waals surface area (Å²) in [5.74, 6) is 0. The number of fused-ring (bicyclic) bond motifs is 1. The van der Waals surface area contributed by atoms with Gasteiger partial charge in [0.05, 0.1) is 5.69 Å². The van der Waals surface area contributed by atoms with Crippen LogP contribution in [0.3, 0.4) is 0 Å². The standard InChI is InChI=1S/C10H8N6O4/c1-4-2-20-9(12-4)15-10(19)16-3-11-5-6(16)13-8(18)14-7(5)17/h2-3H,1H3,(H,12,15,19)(H2,13,14,17,18). The van der Waals surface area contributed by atoms with Crippen LogP contribution in [0.1, 0.15) is 5.69 Å². The van der Waals surface area contributed by atoms with E-state index in [0.29, 0.717) is 5.69 Å². The number of imidazole rings is 1. The van der Waals surface area contributed by atoms with Gasteiger partial charge in [-0.15, -0.1) is 0 Å². The van der Waals surface area contributed by atoms with Crippen molar-refractivity contribution in [2.24, 2.45) is 0 Å². The normalized spacial score (nSPS) is 10.8. The van der Waals surface area contributed by atoms with E-state index in [1.165, 1.54) is 6.26 Å². The van der Waals surface area contributed by atoms with E-state index < -0.39 is 17.3 Å². The number of rotatable bonds is 1. The molecule has 10 nitrogen and oxygen atoms in total. The number of hydrogen-bond acceptors (Lipinski definition) is 6. The lowest BCUT2D eigenvalue weighted by atomic mass is 10.5. The van der Waals surface area contributed by atoms with E-state index >= 15 is 0 Å². The summed E-state index contributed by atoms with van der Waals surface area (Å²) in [7, 11) is 0. The summed E-state index contributed by atoms with van der Waals surface area (Å²) < 4.78 is 5.95. The molecule has 3 N–H and O–H groups in total. The molecule has 0 saturated heterocycles. The molecule has 1 amide bonds. The van der Waals surface area contributed by atoms with Gasteiger partial charge in [0.1, 0.15) is 12.6 Å². The second kappa shape index (κ2) is 4.19. The molecular weight excluding hydrogens is 268 g/mol. The Bertz CT molecular complexity index is 914. The van der Waals surface area contributed by atoms with Crippen LogP contribution in [0.15, 0.2) is 26.6 Å². The molecule has 0 atom stereocenters. The number of oxazole rings is 1. The number of H-pyrrole nitrogens is 2. The van der Waals surface area contributed by atoms with Crippen molar-refractivity contribution in [3.05, 3.63) is 39.1 Å². The molecule has 0 saturated carbocycles. The molecule has 3 heterocycles. The van der Waals surface area contributed by atoms with Crippen molar-refractivity contribution in [3.63, 3.8) is 0 Å². The van der Waals surface area contributed by atoms with Gasteiger partial charge in [-0.05, 0) is 6.92 Å². The van der Waals surface area contributed by atoms with Gasteiger partial charge in [-0.2, -0.15) is 4.98 Å². The van der Waals surface area contributed by atoms with E-state index in [9.17, 15) is 14.4 Å². The number of carbonyl (C=O) groups excluding carboxylic acids is 1. The van der Waals surface area contributed by atoms with Crippen LogP contribution >= 0.6 is 0 Å². The lowest BCUT2D eigenvalue weighted by Gasteiger charge is -2.01. The van der Waals surface area contributed by atoms with Crippen molar-refractivity contribution in [2.45, 2.75) is 6.92 Å². The number of aromatic amines is 2. The summed E-state index contributed by atoms with van der Waals surface area (Å²) in [5.41, 5.74) is -0.880. The molecule has 0 aliphatic heterocycles. The Balaban J connectivity index is 2.04. The van der Waals surface area contributed by atoms with E-state index in [4.69, 9.17) is 4.42 Å². The maximum absolute atomic E-state index is 12.0. The summed E-state index contributed by atoms with van der Waals surface area (Å²) in [4.78, 5) is 46.7. The van der Waals surface area contributed by atoms with E-state index in [0.717, 1.165) is 10.9 Å². The molecule has 3 rings (SSSR count). The average Bonchev–Trinajstić information content (AvgIpc) is 2.95. The Morgan fingerprint density at radius 1 is 1.40 bits per heavy atom. The third-order valence-corrected chi connectivity index (χ3v) is 2.49. The van der Waals surface area contributed by atoms with Crippen LogP contribution in [0.4, 0.5) is 10.8 Å². The molecule has 0 fully saturated rings. The molecule has 0 bridgehead atoms. The molecule has 3 aromatic rings. The molecule has 0 aromatic carbocycles. The number of hydrogen-bond donors (Lipinski definition) is 3. The fourth-order valence-electron chi connectivity index (χ4n) is 1.65. The third kappa shape index (κ3) is 1.88. The Morgan fingerprint density at radius 3 is 2.90 bits per heavy atom. The summed E-state index contributed by atoms with van der Waals surface area (Å²) >= 11 is 0. The van der Waals surface area contributed by atoms with Crippen molar-refractivity contribution in [3.8, 4) is 0 Å². The zero-order chi connectivity index (χ0) is 14.3. The number of nitrogens with one attached hydrogen (secondary N) is 3. The summed E-state index contributed by atoms with van der Waals surface area (Å²) in [6.45, 7) is 1.70. The van der Waals surface area contributed by atoms with Gasteiger partial charge in [-0.25, -0.2) is 19.1 Å². The number of amides is 1. The predicted octanol–water partition coefficient (Wildman–Crippen LogP) is -0.210. The molecule has 0 radical (unpaired) electrons. The average molecular weight is 276 g/mol. The Kier molecular flexibility index (Phi) is 2.49. The first-order chi connectivity index (χ1) is 9.54. The third-order valence-electron chi connectivity index (χ3n) is 2.49. The van der Waals surface area contributed by atoms with Gasteiger partial charge in [0.25, 0.3) is 5.56 Å². The van der Waals surface area contributed by atoms with E-state index in [1.807, 2.05) is 4.98 Å². The molecule has 3 aromatic heterocycles. The molecule has 0 aliphatic rings.